The zero-order chi connectivity index (χ0) is 11.1. The van der Waals surface area contributed by atoms with E-state index >= 15 is 0 Å². The molecule has 0 radical (unpaired) electrons. The fraction of sp³-hybridized carbons (Fsp3) is 0.538. The maximum absolute atomic E-state index is 6.11. The van der Waals surface area contributed by atoms with E-state index in [4.69, 9.17) is 5.73 Å². The lowest BCUT2D eigenvalue weighted by atomic mass is 9.85. The summed E-state index contributed by atoms with van der Waals surface area (Å²) in [5.74, 6) is 0. The Bertz CT molecular complexity index is 367. The highest BCUT2D eigenvalue weighted by Crippen LogP contribution is 2.51. The summed E-state index contributed by atoms with van der Waals surface area (Å²) in [5.41, 5.74) is 9.32. The van der Waals surface area contributed by atoms with Crippen LogP contribution in [0.25, 0.3) is 0 Å². The molecule has 0 bridgehead atoms. The molecule has 2 heteroatoms. The smallest absolute Gasteiger partial charge is 0.0178 e. The maximum atomic E-state index is 6.11. The van der Waals surface area contributed by atoms with Crippen LogP contribution in [0.2, 0.25) is 0 Å². The molecule has 1 aromatic rings. The van der Waals surface area contributed by atoms with Crippen molar-refractivity contribution in [3.05, 3.63) is 33.8 Å². The second-order valence-corrected chi connectivity index (χ2v) is 5.52. The minimum atomic E-state index is 0.268. The number of benzene rings is 1. The Morgan fingerprint density at radius 3 is 2.60 bits per heavy atom. The first-order valence-electron chi connectivity index (χ1n) is 5.64. The summed E-state index contributed by atoms with van der Waals surface area (Å²) < 4.78 is 1.17. The topological polar surface area (TPSA) is 26.0 Å². The number of hydrogen-bond donors (Lipinski definition) is 1. The third-order valence-corrected chi connectivity index (χ3v) is 4.14. The Labute approximate surface area is 100 Å². The van der Waals surface area contributed by atoms with Crippen LogP contribution in [-0.2, 0) is 11.8 Å². The molecule has 1 aromatic carbocycles. The molecule has 2 N–H and O–H groups in total. The van der Waals surface area contributed by atoms with E-state index in [0.717, 1.165) is 6.42 Å². The molecule has 2 rings (SSSR count). The van der Waals surface area contributed by atoms with Gasteiger partial charge in [-0.2, -0.15) is 0 Å². The van der Waals surface area contributed by atoms with Crippen molar-refractivity contribution in [2.24, 2.45) is 5.73 Å². The van der Waals surface area contributed by atoms with Crippen molar-refractivity contribution in [3.8, 4) is 0 Å². The highest BCUT2D eigenvalue weighted by Gasteiger charge is 2.48. The fourth-order valence-corrected chi connectivity index (χ4v) is 2.85. The first-order chi connectivity index (χ1) is 7.10. The van der Waals surface area contributed by atoms with Crippen LogP contribution in [0.5, 0.6) is 0 Å². The molecule has 1 aliphatic rings. The predicted molar refractivity (Wildman–Crippen MR) is 68.1 cm³/mol. The molecule has 1 nitrogen and oxygen atoms in total. The first kappa shape index (κ1) is 11.2. The van der Waals surface area contributed by atoms with E-state index in [1.165, 1.54) is 28.4 Å². The van der Waals surface area contributed by atoms with Crippen LogP contribution in [0.3, 0.4) is 0 Å². The van der Waals surface area contributed by atoms with Gasteiger partial charge < -0.3 is 5.73 Å². The van der Waals surface area contributed by atoms with Crippen molar-refractivity contribution in [1.29, 1.82) is 0 Å². The number of halogens is 1. The summed E-state index contributed by atoms with van der Waals surface area (Å²) in [4.78, 5) is 0. The Morgan fingerprint density at radius 2 is 2.13 bits per heavy atom. The standard InChI is InChI=1S/C13H18BrN/c1-3-10-8-11(14)4-5-12(10)13(6-7-13)9(2)15/h4-5,8-9H,3,6-7,15H2,1-2H3. The van der Waals surface area contributed by atoms with Crippen LogP contribution in [0.1, 0.15) is 37.8 Å². The van der Waals surface area contributed by atoms with E-state index in [9.17, 15) is 0 Å². The van der Waals surface area contributed by atoms with E-state index in [1.54, 1.807) is 0 Å². The SMILES string of the molecule is CCc1cc(Br)ccc1C1(C(C)N)CC1. The molecular weight excluding hydrogens is 250 g/mol. The molecule has 0 heterocycles. The molecule has 1 unspecified atom stereocenters. The van der Waals surface area contributed by atoms with E-state index in [2.05, 4.69) is 48.0 Å². The Balaban J connectivity index is 2.44. The van der Waals surface area contributed by atoms with Gasteiger partial charge in [0.2, 0.25) is 0 Å². The summed E-state index contributed by atoms with van der Waals surface area (Å²) in [6.45, 7) is 4.34. The summed E-state index contributed by atoms with van der Waals surface area (Å²) in [6, 6.07) is 6.89. The van der Waals surface area contributed by atoms with Gasteiger partial charge in [-0.25, -0.2) is 0 Å². The van der Waals surface area contributed by atoms with Crippen molar-refractivity contribution in [2.75, 3.05) is 0 Å². The Hall–Kier alpha value is -0.340. The molecule has 0 aromatic heterocycles. The molecule has 15 heavy (non-hydrogen) atoms. The van der Waals surface area contributed by atoms with Crippen molar-refractivity contribution in [1.82, 2.24) is 0 Å². The van der Waals surface area contributed by atoms with Gasteiger partial charge in [0, 0.05) is 15.9 Å². The van der Waals surface area contributed by atoms with Gasteiger partial charge in [0.15, 0.2) is 0 Å². The molecule has 1 fully saturated rings. The van der Waals surface area contributed by atoms with Crippen LogP contribution in [0, 0.1) is 0 Å². The molecule has 1 aliphatic carbocycles. The van der Waals surface area contributed by atoms with Gasteiger partial charge in [-0.05, 0) is 49.4 Å². The highest BCUT2D eigenvalue weighted by molar-refractivity contribution is 9.10. The second kappa shape index (κ2) is 3.91. The van der Waals surface area contributed by atoms with E-state index in [0.29, 0.717) is 0 Å². The van der Waals surface area contributed by atoms with Crippen LogP contribution < -0.4 is 5.73 Å². The lowest BCUT2D eigenvalue weighted by Gasteiger charge is -2.23. The molecule has 0 aliphatic heterocycles. The van der Waals surface area contributed by atoms with Gasteiger partial charge in [0.05, 0.1) is 0 Å². The second-order valence-electron chi connectivity index (χ2n) is 4.60. The average molecular weight is 268 g/mol. The first-order valence-corrected chi connectivity index (χ1v) is 6.44. The molecule has 0 spiro atoms. The Morgan fingerprint density at radius 1 is 1.47 bits per heavy atom. The van der Waals surface area contributed by atoms with E-state index in [1.807, 2.05) is 0 Å². The van der Waals surface area contributed by atoms with Gasteiger partial charge in [0.1, 0.15) is 0 Å². The van der Waals surface area contributed by atoms with Gasteiger partial charge in [-0.3, -0.25) is 0 Å². The zero-order valence-electron chi connectivity index (χ0n) is 9.39. The van der Waals surface area contributed by atoms with Crippen molar-refractivity contribution >= 4 is 15.9 Å². The van der Waals surface area contributed by atoms with Crippen LogP contribution in [-0.4, -0.2) is 6.04 Å². The van der Waals surface area contributed by atoms with Gasteiger partial charge >= 0.3 is 0 Å². The monoisotopic (exact) mass is 267 g/mol. The fourth-order valence-electron chi connectivity index (χ4n) is 2.45. The highest BCUT2D eigenvalue weighted by atomic mass is 79.9. The molecule has 0 saturated heterocycles. The summed E-state index contributed by atoms with van der Waals surface area (Å²) in [6.07, 6.45) is 3.59. The number of hydrogen-bond acceptors (Lipinski definition) is 1. The quantitative estimate of drug-likeness (QED) is 0.893. The van der Waals surface area contributed by atoms with E-state index < -0.39 is 0 Å². The molecule has 0 amide bonds. The normalized spacial score (nSPS) is 20.0. The summed E-state index contributed by atoms with van der Waals surface area (Å²) in [5, 5.41) is 0. The maximum Gasteiger partial charge on any atom is 0.0178 e. The molecule has 1 atom stereocenters. The van der Waals surface area contributed by atoms with Gasteiger partial charge in [-0.1, -0.05) is 28.9 Å². The largest absolute Gasteiger partial charge is 0.327 e. The van der Waals surface area contributed by atoms with Crippen molar-refractivity contribution < 1.29 is 0 Å². The third-order valence-electron chi connectivity index (χ3n) is 3.64. The molecule has 1 saturated carbocycles. The third kappa shape index (κ3) is 1.85. The predicted octanol–water partition coefficient (Wildman–Crippen LogP) is 3.39. The molecular formula is C13H18BrN. The van der Waals surface area contributed by atoms with Crippen molar-refractivity contribution in [2.45, 2.75) is 44.6 Å². The number of nitrogens with two attached hydrogens (primary N) is 1. The summed E-state index contributed by atoms with van der Waals surface area (Å²) >= 11 is 3.53. The van der Waals surface area contributed by atoms with Gasteiger partial charge in [0.25, 0.3) is 0 Å². The van der Waals surface area contributed by atoms with Crippen LogP contribution in [0.15, 0.2) is 22.7 Å². The van der Waals surface area contributed by atoms with Crippen LogP contribution in [0.4, 0.5) is 0 Å². The molecule has 82 valence electrons. The number of rotatable bonds is 3. The van der Waals surface area contributed by atoms with E-state index in [-0.39, 0.29) is 11.5 Å². The lowest BCUT2D eigenvalue weighted by molar-refractivity contribution is 0.552. The Kier molecular flexibility index (Phi) is 2.91. The summed E-state index contributed by atoms with van der Waals surface area (Å²) in [7, 11) is 0. The lowest BCUT2D eigenvalue weighted by Crippen LogP contribution is -2.32. The van der Waals surface area contributed by atoms with Crippen LogP contribution >= 0.6 is 15.9 Å². The van der Waals surface area contributed by atoms with Gasteiger partial charge in [-0.15, -0.1) is 0 Å². The minimum absolute atomic E-state index is 0.268. The average Bonchev–Trinajstić information content (AvgIpc) is 2.98. The van der Waals surface area contributed by atoms with Crippen molar-refractivity contribution in [3.63, 3.8) is 0 Å². The number of aryl methyl sites for hydroxylation is 1. The minimum Gasteiger partial charge on any atom is -0.327 e. The zero-order valence-corrected chi connectivity index (χ0v) is 11.0.